The van der Waals surface area contributed by atoms with Gasteiger partial charge < -0.3 is 5.73 Å². The fraction of sp³-hybridized carbons (Fsp3) is 0.833. The summed E-state index contributed by atoms with van der Waals surface area (Å²) in [5.74, 6) is 0. The third kappa shape index (κ3) is 3.29. The summed E-state index contributed by atoms with van der Waals surface area (Å²) in [6.45, 7) is 5.96. The van der Waals surface area contributed by atoms with Crippen molar-refractivity contribution < 1.29 is 9.63 Å². The van der Waals surface area contributed by atoms with E-state index in [1.165, 1.54) is 0 Å². The molecule has 0 spiro atoms. The lowest BCUT2D eigenvalue weighted by molar-refractivity contribution is -0.143. The Balaban J connectivity index is 3.72. The van der Waals surface area contributed by atoms with Crippen LogP contribution in [-0.2, 0) is 4.84 Å². The van der Waals surface area contributed by atoms with E-state index in [4.69, 9.17) is 10.6 Å². The van der Waals surface area contributed by atoms with E-state index in [0.29, 0.717) is 6.54 Å². The maximum atomic E-state index is 10.5. The van der Waals surface area contributed by atoms with Crippen LogP contribution < -0.4 is 5.73 Å². The number of hydroxylamine groups is 2. The van der Waals surface area contributed by atoms with Crippen LogP contribution in [0.4, 0.5) is 4.79 Å². The van der Waals surface area contributed by atoms with Gasteiger partial charge in [0.25, 0.3) is 0 Å². The van der Waals surface area contributed by atoms with Crippen LogP contribution in [0.5, 0.6) is 0 Å². The summed E-state index contributed by atoms with van der Waals surface area (Å²) < 4.78 is 0. The third-order valence-corrected chi connectivity index (χ3v) is 0.871. The molecule has 4 heteroatoms. The Bertz CT molecular complexity index is 114. The van der Waals surface area contributed by atoms with Crippen LogP contribution in [0.15, 0.2) is 0 Å². The quantitative estimate of drug-likeness (QED) is 0.596. The fourth-order valence-electron chi connectivity index (χ4n) is 0.537. The molecule has 2 N–H and O–H groups in total. The summed E-state index contributed by atoms with van der Waals surface area (Å²) in [6.07, 6.45) is -0.00699. The number of primary amides is 1. The minimum atomic E-state index is -0.545. The minimum Gasteiger partial charge on any atom is -0.350 e. The molecule has 0 aliphatic rings. The molecule has 4 nitrogen and oxygen atoms in total. The van der Waals surface area contributed by atoms with Gasteiger partial charge in [-0.15, -0.1) is 0 Å². The van der Waals surface area contributed by atoms with Gasteiger partial charge in [-0.25, -0.2) is 9.86 Å². The summed E-state index contributed by atoms with van der Waals surface area (Å²) in [7, 11) is 0. The van der Waals surface area contributed by atoms with E-state index < -0.39 is 6.03 Å². The van der Waals surface area contributed by atoms with Gasteiger partial charge in [-0.2, -0.15) is 0 Å². The average Bonchev–Trinajstić information content (AvgIpc) is 1.81. The number of carbonyl (C=O) groups excluding carboxylic acids is 1. The van der Waals surface area contributed by atoms with E-state index >= 15 is 0 Å². The molecule has 0 aromatic carbocycles. The minimum absolute atomic E-state index is 0.00699. The van der Waals surface area contributed by atoms with Gasteiger partial charge in [-0.3, -0.25) is 4.84 Å². The molecule has 0 unspecified atom stereocenters. The van der Waals surface area contributed by atoms with Crippen LogP contribution in [0, 0.1) is 0 Å². The lowest BCUT2D eigenvalue weighted by Gasteiger charge is -2.19. The van der Waals surface area contributed by atoms with Crippen molar-refractivity contribution in [2.24, 2.45) is 5.73 Å². The van der Waals surface area contributed by atoms with Gasteiger partial charge in [0.05, 0.1) is 6.10 Å². The van der Waals surface area contributed by atoms with Crippen molar-refractivity contribution in [3.8, 4) is 0 Å². The third-order valence-electron chi connectivity index (χ3n) is 0.871. The lowest BCUT2D eigenvalue weighted by Crippen LogP contribution is -2.37. The van der Waals surface area contributed by atoms with E-state index in [1.807, 2.05) is 13.8 Å². The van der Waals surface area contributed by atoms with Crippen molar-refractivity contribution >= 4 is 6.03 Å². The van der Waals surface area contributed by atoms with E-state index in [-0.39, 0.29) is 6.10 Å². The molecule has 2 amide bonds. The molecule has 0 saturated heterocycles. The largest absolute Gasteiger partial charge is 0.350 e. The predicted octanol–water partition coefficient (Wildman–Crippen LogP) is 0.727. The highest BCUT2D eigenvalue weighted by molar-refractivity contribution is 5.70. The molecule has 10 heavy (non-hydrogen) atoms. The summed E-state index contributed by atoms with van der Waals surface area (Å²) in [5, 5.41) is 1.13. The molecule has 0 aromatic rings. The van der Waals surface area contributed by atoms with E-state index in [1.54, 1.807) is 6.92 Å². The highest BCUT2D eigenvalue weighted by Crippen LogP contribution is 1.94. The Morgan fingerprint density at radius 1 is 1.70 bits per heavy atom. The first-order chi connectivity index (χ1) is 4.57. The second-order valence-electron chi connectivity index (χ2n) is 2.19. The summed E-state index contributed by atoms with van der Waals surface area (Å²) in [5.41, 5.74) is 4.96. The molecule has 0 fully saturated rings. The Kier molecular flexibility index (Phi) is 3.79. The Morgan fingerprint density at radius 3 is 2.30 bits per heavy atom. The van der Waals surface area contributed by atoms with Gasteiger partial charge in [0.1, 0.15) is 0 Å². The average molecular weight is 146 g/mol. The molecule has 0 aliphatic heterocycles. The number of carbonyl (C=O) groups is 1. The van der Waals surface area contributed by atoms with Gasteiger partial charge in [0.15, 0.2) is 0 Å². The van der Waals surface area contributed by atoms with Crippen molar-refractivity contribution in [2.75, 3.05) is 6.54 Å². The van der Waals surface area contributed by atoms with Crippen LogP contribution >= 0.6 is 0 Å². The van der Waals surface area contributed by atoms with Gasteiger partial charge in [-0.1, -0.05) is 0 Å². The molecule has 0 saturated carbocycles. The number of rotatable bonds is 3. The number of hydrogen-bond acceptors (Lipinski definition) is 2. The summed E-state index contributed by atoms with van der Waals surface area (Å²) in [4.78, 5) is 15.5. The van der Waals surface area contributed by atoms with Crippen molar-refractivity contribution in [1.29, 1.82) is 0 Å². The maximum Gasteiger partial charge on any atom is 0.338 e. The summed E-state index contributed by atoms with van der Waals surface area (Å²) >= 11 is 0. The topological polar surface area (TPSA) is 55.6 Å². The lowest BCUT2D eigenvalue weighted by atomic mass is 10.5. The Morgan fingerprint density at radius 2 is 2.20 bits per heavy atom. The first kappa shape index (κ1) is 9.23. The molecule has 0 atom stereocenters. The monoisotopic (exact) mass is 146 g/mol. The van der Waals surface area contributed by atoms with Crippen LogP contribution in [-0.4, -0.2) is 23.7 Å². The number of hydrogen-bond donors (Lipinski definition) is 1. The molecule has 0 heterocycles. The number of urea groups is 1. The van der Waals surface area contributed by atoms with Crippen molar-refractivity contribution in [3.63, 3.8) is 0 Å². The van der Waals surface area contributed by atoms with Crippen molar-refractivity contribution in [1.82, 2.24) is 5.06 Å². The zero-order valence-electron chi connectivity index (χ0n) is 6.63. The highest BCUT2D eigenvalue weighted by Gasteiger charge is 2.08. The van der Waals surface area contributed by atoms with E-state index in [9.17, 15) is 4.79 Å². The molecule has 0 aromatic heterocycles. The highest BCUT2D eigenvalue weighted by atomic mass is 16.7. The van der Waals surface area contributed by atoms with E-state index in [0.717, 1.165) is 5.06 Å². The first-order valence-electron chi connectivity index (χ1n) is 3.31. The fourth-order valence-corrected chi connectivity index (χ4v) is 0.537. The summed E-state index contributed by atoms with van der Waals surface area (Å²) in [6, 6.07) is -0.545. The second-order valence-corrected chi connectivity index (χ2v) is 2.19. The van der Waals surface area contributed by atoms with Crippen LogP contribution in [0.3, 0.4) is 0 Å². The standard InChI is InChI=1S/C6H14N2O2/c1-4-8(6(7)9)10-5(2)3/h5H,4H2,1-3H3,(H2,7,9). The van der Waals surface area contributed by atoms with Crippen molar-refractivity contribution in [2.45, 2.75) is 26.9 Å². The number of nitrogens with zero attached hydrogens (tertiary/aromatic N) is 1. The predicted molar refractivity (Wildman–Crippen MR) is 38.2 cm³/mol. The Hall–Kier alpha value is -0.770. The van der Waals surface area contributed by atoms with Gasteiger partial charge >= 0.3 is 6.03 Å². The smallest absolute Gasteiger partial charge is 0.338 e. The zero-order chi connectivity index (χ0) is 8.15. The first-order valence-corrected chi connectivity index (χ1v) is 3.31. The van der Waals surface area contributed by atoms with Gasteiger partial charge in [0, 0.05) is 6.54 Å². The normalized spacial score (nSPS) is 10.0. The molecule has 60 valence electrons. The second kappa shape index (κ2) is 4.11. The van der Waals surface area contributed by atoms with Crippen LogP contribution in [0.25, 0.3) is 0 Å². The van der Waals surface area contributed by atoms with Gasteiger partial charge in [0.2, 0.25) is 0 Å². The number of amides is 2. The number of nitrogens with two attached hydrogens (primary N) is 1. The molecule has 0 bridgehead atoms. The van der Waals surface area contributed by atoms with Gasteiger partial charge in [-0.05, 0) is 20.8 Å². The SMILES string of the molecule is CCN(OC(C)C)C(N)=O. The molecule has 0 radical (unpaired) electrons. The molecular weight excluding hydrogens is 132 g/mol. The van der Waals surface area contributed by atoms with Crippen molar-refractivity contribution in [3.05, 3.63) is 0 Å². The van der Waals surface area contributed by atoms with Crippen LogP contribution in [0.2, 0.25) is 0 Å². The zero-order valence-corrected chi connectivity index (χ0v) is 6.63. The Labute approximate surface area is 60.9 Å². The molecule has 0 aliphatic carbocycles. The van der Waals surface area contributed by atoms with E-state index in [2.05, 4.69) is 0 Å². The maximum absolute atomic E-state index is 10.5. The molecule has 0 rings (SSSR count). The van der Waals surface area contributed by atoms with Crippen LogP contribution in [0.1, 0.15) is 20.8 Å². The molecular formula is C6H14N2O2.